The van der Waals surface area contributed by atoms with Gasteiger partial charge in [0.25, 0.3) is 0 Å². The van der Waals surface area contributed by atoms with Crippen LogP contribution in [0.2, 0.25) is 0 Å². The van der Waals surface area contributed by atoms with Crippen molar-refractivity contribution in [3.63, 3.8) is 0 Å². The van der Waals surface area contributed by atoms with Gasteiger partial charge in [0.15, 0.2) is 11.5 Å². The number of quaternary nitrogens is 1. The number of piperidine rings is 1. The predicted octanol–water partition coefficient (Wildman–Crippen LogP) is 1.07. The Hall–Kier alpha value is -1.75. The number of esters is 1. The molecule has 0 amide bonds. The Kier molecular flexibility index (Phi) is 5.06. The molecule has 5 nitrogen and oxygen atoms in total. The number of nitrogens with one attached hydrogen (secondary N) is 1. The van der Waals surface area contributed by atoms with Gasteiger partial charge in [-0.15, -0.1) is 0 Å². The molecule has 0 radical (unpaired) electrons. The molecule has 1 saturated heterocycles. The van der Waals surface area contributed by atoms with E-state index in [1.807, 2.05) is 25.1 Å². The topological polar surface area (TPSA) is 49.2 Å². The third-order valence-electron chi connectivity index (χ3n) is 4.65. The number of rotatable bonds is 4. The summed E-state index contributed by atoms with van der Waals surface area (Å²) in [5.74, 6) is 1.77. The van der Waals surface area contributed by atoms with E-state index in [1.165, 1.54) is 30.8 Å². The van der Waals surface area contributed by atoms with E-state index in [0.717, 1.165) is 12.5 Å². The highest BCUT2D eigenvalue weighted by molar-refractivity contribution is 5.76. The molecule has 1 fully saturated rings. The van der Waals surface area contributed by atoms with Gasteiger partial charge < -0.3 is 19.1 Å². The Balaban J connectivity index is 1.47. The number of carbonyl (C=O) groups excluding carboxylic acids is 1. The first-order chi connectivity index (χ1) is 11.1. The standard InChI is InChI=1S/C18H25NO4/c1-13-7-9-19(10-8-13)11-14(2)22-18(20)17-12-21-15-5-3-4-6-16(15)23-17/h3-6,13-14,17H,7-12H2,1-2H3/p+1/t14-,17+/m1/s1. The number of benzene rings is 1. The second-order valence-corrected chi connectivity index (χ2v) is 6.75. The first kappa shape index (κ1) is 16.1. The van der Waals surface area contributed by atoms with E-state index in [2.05, 4.69) is 6.92 Å². The summed E-state index contributed by atoms with van der Waals surface area (Å²) in [6.07, 6.45) is 1.73. The second-order valence-electron chi connectivity index (χ2n) is 6.75. The number of hydrogen-bond acceptors (Lipinski definition) is 4. The molecule has 0 saturated carbocycles. The summed E-state index contributed by atoms with van der Waals surface area (Å²) in [5, 5.41) is 0. The first-order valence-electron chi connectivity index (χ1n) is 8.54. The monoisotopic (exact) mass is 320 g/mol. The highest BCUT2D eigenvalue weighted by atomic mass is 16.6. The Morgan fingerprint density at radius 1 is 1.30 bits per heavy atom. The van der Waals surface area contributed by atoms with Gasteiger partial charge in [-0.2, -0.15) is 0 Å². The molecular weight excluding hydrogens is 294 g/mol. The fourth-order valence-electron chi connectivity index (χ4n) is 3.23. The maximum absolute atomic E-state index is 12.3. The van der Waals surface area contributed by atoms with Gasteiger partial charge >= 0.3 is 5.97 Å². The molecule has 5 heteroatoms. The Bertz CT molecular complexity index is 540. The Morgan fingerprint density at radius 2 is 2.00 bits per heavy atom. The van der Waals surface area contributed by atoms with Gasteiger partial charge in [0.1, 0.15) is 19.3 Å². The number of hydrogen-bond donors (Lipinski definition) is 1. The van der Waals surface area contributed by atoms with Crippen LogP contribution in [-0.2, 0) is 9.53 Å². The van der Waals surface area contributed by atoms with Gasteiger partial charge in [0.05, 0.1) is 13.1 Å². The van der Waals surface area contributed by atoms with Gasteiger partial charge in [-0.25, -0.2) is 4.79 Å². The van der Waals surface area contributed by atoms with Crippen LogP contribution < -0.4 is 14.4 Å². The molecule has 3 rings (SSSR count). The highest BCUT2D eigenvalue weighted by Crippen LogP contribution is 2.31. The summed E-state index contributed by atoms with van der Waals surface area (Å²) in [6.45, 7) is 7.66. The van der Waals surface area contributed by atoms with Crippen molar-refractivity contribution in [2.45, 2.75) is 38.9 Å². The van der Waals surface area contributed by atoms with Crippen molar-refractivity contribution in [1.82, 2.24) is 0 Å². The lowest BCUT2D eigenvalue weighted by atomic mass is 9.99. The normalized spacial score (nSPS) is 28.0. The molecule has 2 atom stereocenters. The number of fused-ring (bicyclic) bond motifs is 1. The molecule has 0 aliphatic carbocycles. The van der Waals surface area contributed by atoms with Gasteiger partial charge in [-0.05, 0) is 37.8 Å². The van der Waals surface area contributed by atoms with Crippen LogP contribution in [-0.4, -0.2) is 44.4 Å². The molecule has 126 valence electrons. The fourth-order valence-corrected chi connectivity index (χ4v) is 3.23. The second kappa shape index (κ2) is 7.21. The van der Waals surface area contributed by atoms with Crippen LogP contribution in [0.1, 0.15) is 26.7 Å². The zero-order chi connectivity index (χ0) is 16.2. The minimum absolute atomic E-state index is 0.105. The Labute approximate surface area is 137 Å². The third-order valence-corrected chi connectivity index (χ3v) is 4.65. The van der Waals surface area contributed by atoms with Crippen molar-refractivity contribution in [3.8, 4) is 11.5 Å². The molecule has 2 heterocycles. The Morgan fingerprint density at radius 3 is 2.74 bits per heavy atom. The van der Waals surface area contributed by atoms with Crippen LogP contribution in [0.3, 0.4) is 0 Å². The lowest BCUT2D eigenvalue weighted by Crippen LogP contribution is -3.14. The lowest BCUT2D eigenvalue weighted by molar-refractivity contribution is -0.908. The van der Waals surface area contributed by atoms with E-state index < -0.39 is 6.10 Å². The number of ether oxygens (including phenoxy) is 3. The molecule has 0 unspecified atom stereocenters. The largest absolute Gasteiger partial charge is 0.485 e. The SMILES string of the molecule is CC1CC[NH+](C[C@@H](C)OC(=O)[C@@H]2COc3ccccc3O2)CC1. The summed E-state index contributed by atoms with van der Waals surface area (Å²) in [5.41, 5.74) is 0. The maximum atomic E-state index is 12.3. The summed E-state index contributed by atoms with van der Waals surface area (Å²) in [4.78, 5) is 13.8. The number of likely N-dealkylation sites (tertiary alicyclic amines) is 1. The fraction of sp³-hybridized carbons (Fsp3) is 0.611. The van der Waals surface area contributed by atoms with Crippen LogP contribution in [0.15, 0.2) is 24.3 Å². The van der Waals surface area contributed by atoms with Crippen molar-refractivity contribution in [2.24, 2.45) is 5.92 Å². The average molecular weight is 320 g/mol. The molecule has 0 aromatic heterocycles. The maximum Gasteiger partial charge on any atom is 0.351 e. The zero-order valence-corrected chi connectivity index (χ0v) is 13.9. The zero-order valence-electron chi connectivity index (χ0n) is 13.9. The summed E-state index contributed by atoms with van der Waals surface area (Å²) < 4.78 is 16.8. The van der Waals surface area contributed by atoms with E-state index in [1.54, 1.807) is 6.07 Å². The molecule has 23 heavy (non-hydrogen) atoms. The smallest absolute Gasteiger partial charge is 0.351 e. The first-order valence-corrected chi connectivity index (χ1v) is 8.54. The molecule has 1 aromatic rings. The van der Waals surface area contributed by atoms with Crippen LogP contribution in [0, 0.1) is 5.92 Å². The summed E-state index contributed by atoms with van der Waals surface area (Å²) in [6, 6.07) is 7.38. The quantitative estimate of drug-likeness (QED) is 0.843. The molecule has 2 aliphatic heterocycles. The van der Waals surface area contributed by atoms with Crippen LogP contribution in [0.25, 0.3) is 0 Å². The lowest BCUT2D eigenvalue weighted by Gasteiger charge is -2.30. The van der Waals surface area contributed by atoms with Gasteiger partial charge in [0.2, 0.25) is 6.10 Å². The van der Waals surface area contributed by atoms with Crippen LogP contribution in [0.5, 0.6) is 11.5 Å². The van der Waals surface area contributed by atoms with Crippen molar-refractivity contribution >= 4 is 5.97 Å². The van der Waals surface area contributed by atoms with E-state index in [-0.39, 0.29) is 18.7 Å². The van der Waals surface area contributed by atoms with Crippen molar-refractivity contribution in [2.75, 3.05) is 26.2 Å². The number of para-hydroxylation sites is 2. The van der Waals surface area contributed by atoms with Crippen LogP contribution in [0.4, 0.5) is 0 Å². The van der Waals surface area contributed by atoms with E-state index in [0.29, 0.717) is 11.5 Å². The highest BCUT2D eigenvalue weighted by Gasteiger charge is 2.31. The molecule has 0 bridgehead atoms. The number of carbonyl (C=O) groups is 1. The minimum Gasteiger partial charge on any atom is -0.485 e. The molecule has 1 aromatic carbocycles. The summed E-state index contributed by atoms with van der Waals surface area (Å²) in [7, 11) is 0. The van der Waals surface area contributed by atoms with E-state index >= 15 is 0 Å². The molecule has 2 aliphatic rings. The van der Waals surface area contributed by atoms with E-state index in [4.69, 9.17) is 14.2 Å². The van der Waals surface area contributed by atoms with Crippen molar-refractivity contribution in [3.05, 3.63) is 24.3 Å². The molecular formula is C18H26NO4+. The minimum atomic E-state index is -0.677. The average Bonchev–Trinajstić information content (AvgIpc) is 2.56. The van der Waals surface area contributed by atoms with Gasteiger partial charge in [0, 0.05) is 0 Å². The third kappa shape index (κ3) is 4.16. The van der Waals surface area contributed by atoms with Crippen LogP contribution >= 0.6 is 0 Å². The van der Waals surface area contributed by atoms with Crippen molar-refractivity contribution in [1.29, 1.82) is 0 Å². The van der Waals surface area contributed by atoms with Gasteiger partial charge in [-0.3, -0.25) is 0 Å². The summed E-state index contributed by atoms with van der Waals surface area (Å²) >= 11 is 0. The van der Waals surface area contributed by atoms with Gasteiger partial charge in [-0.1, -0.05) is 19.1 Å². The predicted molar refractivity (Wildman–Crippen MR) is 85.9 cm³/mol. The van der Waals surface area contributed by atoms with Crippen molar-refractivity contribution < 1.29 is 23.9 Å². The molecule has 1 N–H and O–H groups in total. The van der Waals surface area contributed by atoms with E-state index in [9.17, 15) is 4.79 Å². The molecule has 0 spiro atoms.